The van der Waals surface area contributed by atoms with Gasteiger partial charge < -0.3 is 4.74 Å². The lowest BCUT2D eigenvalue weighted by Crippen LogP contribution is -2.35. The molecule has 0 unspecified atom stereocenters. The standard InChI is InChI=1S/C20H18BrClN2O3/c1-3-12(2)27-18-16(21)10-13(11-17(18)22)9-15-19(25)23-24(20(15)26)14-7-5-4-6-8-14/h4-12H,3H2,1-2H3,(H,23,25)/b15-9-/t12-/m0/s1. The zero-order chi connectivity index (χ0) is 19.6. The van der Waals surface area contributed by atoms with E-state index >= 15 is 0 Å². The smallest absolute Gasteiger partial charge is 0.282 e. The molecule has 1 aliphatic rings. The Morgan fingerprint density at radius 3 is 2.59 bits per heavy atom. The fraction of sp³-hybridized carbons (Fsp3) is 0.200. The van der Waals surface area contributed by atoms with Gasteiger partial charge in [0.2, 0.25) is 0 Å². The summed E-state index contributed by atoms with van der Waals surface area (Å²) in [7, 11) is 0. The molecule has 7 heteroatoms. The minimum Gasteiger partial charge on any atom is -0.488 e. The molecule has 1 heterocycles. The first kappa shape index (κ1) is 19.5. The molecule has 3 rings (SSSR count). The Morgan fingerprint density at radius 2 is 1.96 bits per heavy atom. The molecule has 0 aliphatic carbocycles. The fourth-order valence-corrected chi connectivity index (χ4v) is 3.50. The van der Waals surface area contributed by atoms with Gasteiger partial charge in [-0.05, 0) is 65.2 Å². The second-order valence-electron chi connectivity index (χ2n) is 6.13. The Bertz CT molecular complexity index is 892. The number of carbonyl (C=O) groups excluding carboxylic acids is 2. The second kappa shape index (κ2) is 8.15. The summed E-state index contributed by atoms with van der Waals surface area (Å²) in [6.07, 6.45) is 2.38. The molecule has 2 aromatic rings. The van der Waals surface area contributed by atoms with Crippen LogP contribution in [0.1, 0.15) is 25.8 Å². The van der Waals surface area contributed by atoms with Gasteiger partial charge in [-0.25, -0.2) is 5.01 Å². The summed E-state index contributed by atoms with van der Waals surface area (Å²) in [6.45, 7) is 3.98. The Morgan fingerprint density at radius 1 is 1.26 bits per heavy atom. The summed E-state index contributed by atoms with van der Waals surface area (Å²) < 4.78 is 6.47. The molecule has 0 saturated carbocycles. The average molecular weight is 450 g/mol. The summed E-state index contributed by atoms with van der Waals surface area (Å²) in [5, 5.41) is 1.63. The van der Waals surface area contributed by atoms with Crippen molar-refractivity contribution in [1.29, 1.82) is 0 Å². The van der Waals surface area contributed by atoms with E-state index < -0.39 is 11.8 Å². The number of rotatable bonds is 5. The number of benzene rings is 2. The van der Waals surface area contributed by atoms with E-state index in [2.05, 4.69) is 21.4 Å². The normalized spacial score (nSPS) is 16.6. The highest BCUT2D eigenvalue weighted by molar-refractivity contribution is 9.10. The number of nitrogens with zero attached hydrogens (tertiary/aromatic N) is 1. The van der Waals surface area contributed by atoms with Gasteiger partial charge in [0.1, 0.15) is 5.57 Å². The number of nitrogens with one attached hydrogen (secondary N) is 1. The summed E-state index contributed by atoms with van der Waals surface area (Å²) in [5.74, 6) is -0.337. The fourth-order valence-electron chi connectivity index (χ4n) is 2.54. The van der Waals surface area contributed by atoms with E-state index in [1.54, 1.807) is 36.4 Å². The molecule has 1 N–H and O–H groups in total. The number of para-hydroxylation sites is 1. The number of amides is 2. The minimum atomic E-state index is -0.462. The summed E-state index contributed by atoms with van der Waals surface area (Å²) in [4.78, 5) is 24.9. The van der Waals surface area contributed by atoms with Crippen LogP contribution in [0.4, 0.5) is 5.69 Å². The van der Waals surface area contributed by atoms with E-state index in [0.717, 1.165) is 6.42 Å². The van der Waals surface area contributed by atoms with Crippen LogP contribution in [0, 0.1) is 0 Å². The number of hydrogen-bond donors (Lipinski definition) is 1. The topological polar surface area (TPSA) is 58.6 Å². The monoisotopic (exact) mass is 448 g/mol. The van der Waals surface area contributed by atoms with Crippen LogP contribution in [0.5, 0.6) is 5.75 Å². The third-order valence-electron chi connectivity index (χ3n) is 4.13. The van der Waals surface area contributed by atoms with E-state index in [1.165, 1.54) is 11.1 Å². The van der Waals surface area contributed by atoms with Crippen LogP contribution < -0.4 is 15.2 Å². The van der Waals surface area contributed by atoms with Gasteiger partial charge in [0.25, 0.3) is 11.8 Å². The van der Waals surface area contributed by atoms with Crippen molar-refractivity contribution in [3.63, 3.8) is 0 Å². The molecule has 27 heavy (non-hydrogen) atoms. The first-order chi connectivity index (χ1) is 12.9. The number of ether oxygens (including phenoxy) is 1. The number of anilines is 1. The SMILES string of the molecule is CC[C@H](C)Oc1c(Cl)cc(/C=C2/C(=O)NN(c3ccccc3)C2=O)cc1Br. The highest BCUT2D eigenvalue weighted by atomic mass is 79.9. The van der Waals surface area contributed by atoms with Crippen LogP contribution in [0.15, 0.2) is 52.5 Å². The van der Waals surface area contributed by atoms with Gasteiger partial charge in [0, 0.05) is 0 Å². The van der Waals surface area contributed by atoms with E-state index in [0.29, 0.717) is 26.5 Å². The zero-order valence-corrected chi connectivity index (χ0v) is 17.2. The molecular weight excluding hydrogens is 432 g/mol. The number of halogens is 2. The van der Waals surface area contributed by atoms with E-state index in [9.17, 15) is 9.59 Å². The van der Waals surface area contributed by atoms with Crippen LogP contribution in [0.25, 0.3) is 6.08 Å². The molecule has 0 spiro atoms. The van der Waals surface area contributed by atoms with Crippen molar-refractivity contribution in [2.45, 2.75) is 26.4 Å². The second-order valence-corrected chi connectivity index (χ2v) is 7.39. The van der Waals surface area contributed by atoms with Gasteiger partial charge in [-0.2, -0.15) is 0 Å². The Hall–Kier alpha value is -2.31. The van der Waals surface area contributed by atoms with E-state index in [-0.39, 0.29) is 11.7 Å². The Labute approximate surface area is 171 Å². The number of hydrazine groups is 1. The summed E-state index contributed by atoms with van der Waals surface area (Å²) in [5.41, 5.74) is 3.83. The van der Waals surface area contributed by atoms with Crippen LogP contribution >= 0.6 is 27.5 Å². The molecule has 5 nitrogen and oxygen atoms in total. The molecule has 0 aromatic heterocycles. The van der Waals surface area contributed by atoms with Crippen molar-refractivity contribution in [2.24, 2.45) is 0 Å². The van der Waals surface area contributed by atoms with Crippen molar-refractivity contribution in [1.82, 2.24) is 5.43 Å². The Kier molecular flexibility index (Phi) is 5.87. The van der Waals surface area contributed by atoms with Crippen molar-refractivity contribution < 1.29 is 14.3 Å². The van der Waals surface area contributed by atoms with Gasteiger partial charge in [-0.3, -0.25) is 15.0 Å². The lowest BCUT2D eigenvalue weighted by Gasteiger charge is -2.16. The minimum absolute atomic E-state index is 0.0182. The molecule has 0 radical (unpaired) electrons. The summed E-state index contributed by atoms with van der Waals surface area (Å²) >= 11 is 9.79. The molecule has 1 atom stereocenters. The van der Waals surface area contributed by atoms with Gasteiger partial charge in [-0.15, -0.1) is 0 Å². The van der Waals surface area contributed by atoms with Crippen LogP contribution in [-0.2, 0) is 9.59 Å². The maximum absolute atomic E-state index is 12.6. The maximum atomic E-state index is 12.6. The highest BCUT2D eigenvalue weighted by Crippen LogP contribution is 2.36. The third kappa shape index (κ3) is 4.17. The lowest BCUT2D eigenvalue weighted by molar-refractivity contribution is -0.117. The molecule has 2 aromatic carbocycles. The predicted octanol–water partition coefficient (Wildman–Crippen LogP) is 4.74. The lowest BCUT2D eigenvalue weighted by atomic mass is 10.1. The van der Waals surface area contributed by atoms with Crippen LogP contribution in [0.3, 0.4) is 0 Å². The zero-order valence-electron chi connectivity index (χ0n) is 14.8. The van der Waals surface area contributed by atoms with Gasteiger partial charge in [0.15, 0.2) is 5.75 Å². The molecular formula is C20H18BrClN2O3. The maximum Gasteiger partial charge on any atom is 0.282 e. The quantitative estimate of drug-likeness (QED) is 0.530. The summed E-state index contributed by atoms with van der Waals surface area (Å²) in [6, 6.07) is 12.4. The molecule has 2 amide bonds. The Balaban J connectivity index is 1.90. The van der Waals surface area contributed by atoms with Crippen molar-refractivity contribution in [2.75, 3.05) is 5.01 Å². The van der Waals surface area contributed by atoms with E-state index in [1.807, 2.05) is 19.9 Å². The van der Waals surface area contributed by atoms with Crippen molar-refractivity contribution in [3.05, 3.63) is 63.1 Å². The average Bonchev–Trinajstić information content (AvgIpc) is 2.93. The van der Waals surface area contributed by atoms with Gasteiger partial charge in [0.05, 0.1) is 21.3 Å². The molecule has 140 valence electrons. The highest BCUT2D eigenvalue weighted by Gasteiger charge is 2.34. The molecule has 1 aliphatic heterocycles. The molecule has 1 fully saturated rings. The first-order valence-electron chi connectivity index (χ1n) is 8.48. The van der Waals surface area contributed by atoms with Gasteiger partial charge >= 0.3 is 0 Å². The van der Waals surface area contributed by atoms with Crippen molar-refractivity contribution >= 4 is 51.1 Å². The van der Waals surface area contributed by atoms with E-state index in [4.69, 9.17) is 16.3 Å². The third-order valence-corrected chi connectivity index (χ3v) is 5.00. The van der Waals surface area contributed by atoms with Crippen LogP contribution in [0.2, 0.25) is 5.02 Å². The van der Waals surface area contributed by atoms with Crippen molar-refractivity contribution in [3.8, 4) is 5.75 Å². The first-order valence-corrected chi connectivity index (χ1v) is 9.65. The van der Waals surface area contributed by atoms with Crippen LogP contribution in [-0.4, -0.2) is 17.9 Å². The molecule has 0 bridgehead atoms. The number of carbonyl (C=O) groups is 2. The van der Waals surface area contributed by atoms with Gasteiger partial charge in [-0.1, -0.05) is 36.7 Å². The molecule has 1 saturated heterocycles. The predicted molar refractivity (Wildman–Crippen MR) is 110 cm³/mol. The largest absolute Gasteiger partial charge is 0.488 e. The number of hydrogen-bond acceptors (Lipinski definition) is 3.